The van der Waals surface area contributed by atoms with Crippen LogP contribution < -0.4 is 5.63 Å². The van der Waals surface area contributed by atoms with Crippen LogP contribution in [0.5, 0.6) is 0 Å². The Kier molecular flexibility index (Phi) is 8.49. The normalized spacial score (nSPS) is 10.3. The van der Waals surface area contributed by atoms with Crippen molar-refractivity contribution in [3.05, 3.63) is 64.1 Å². The first-order valence-electron chi connectivity index (χ1n) is 7.73. The third-order valence-corrected chi connectivity index (χ3v) is 3.10. The van der Waals surface area contributed by atoms with E-state index in [0.29, 0.717) is 12.2 Å². The minimum atomic E-state index is -1.25. The molecule has 0 fully saturated rings. The Morgan fingerprint density at radius 1 is 1.16 bits per heavy atom. The number of rotatable bonds is 7. The molecule has 2 aromatic heterocycles. The van der Waals surface area contributed by atoms with E-state index in [0.717, 1.165) is 30.9 Å². The number of carbonyl (C=O) groups is 2. The molecule has 25 heavy (non-hydrogen) atoms. The zero-order valence-corrected chi connectivity index (χ0v) is 13.8. The van der Waals surface area contributed by atoms with E-state index in [9.17, 15) is 14.4 Å². The lowest BCUT2D eigenvalue weighted by atomic mass is 10.1. The quantitative estimate of drug-likeness (QED) is 0.581. The van der Waals surface area contributed by atoms with Crippen molar-refractivity contribution < 1.29 is 28.6 Å². The van der Waals surface area contributed by atoms with E-state index in [1.54, 1.807) is 12.1 Å². The minimum Gasteiger partial charge on any atom is -0.478 e. The molecule has 0 spiro atoms. The SMILES string of the molecule is CCCCCc1ccc(C(=O)O)c(=O)o1.O=C(O)C=Cc1ccoc1. The molecule has 2 aromatic rings. The van der Waals surface area contributed by atoms with E-state index >= 15 is 0 Å². The Labute approximate surface area is 144 Å². The van der Waals surface area contributed by atoms with Crippen LogP contribution in [0.2, 0.25) is 0 Å². The molecule has 0 aliphatic rings. The van der Waals surface area contributed by atoms with Crippen LogP contribution in [0.25, 0.3) is 6.08 Å². The van der Waals surface area contributed by atoms with Crippen LogP contribution in [0.15, 0.2) is 50.4 Å². The molecule has 0 bridgehead atoms. The molecule has 0 saturated carbocycles. The minimum absolute atomic E-state index is 0.311. The topological polar surface area (TPSA) is 118 Å². The molecule has 2 N–H and O–H groups in total. The summed E-state index contributed by atoms with van der Waals surface area (Å²) in [6, 6.07) is 4.54. The predicted molar refractivity (Wildman–Crippen MR) is 90.5 cm³/mol. The highest BCUT2D eigenvalue weighted by Crippen LogP contribution is 2.05. The summed E-state index contributed by atoms with van der Waals surface area (Å²) in [5.41, 5.74) is -0.326. The van der Waals surface area contributed by atoms with Gasteiger partial charge in [-0.3, -0.25) is 0 Å². The summed E-state index contributed by atoms with van der Waals surface area (Å²) in [5, 5.41) is 16.8. The van der Waals surface area contributed by atoms with Gasteiger partial charge in [-0.25, -0.2) is 14.4 Å². The van der Waals surface area contributed by atoms with E-state index in [2.05, 4.69) is 6.92 Å². The highest BCUT2D eigenvalue weighted by atomic mass is 16.4. The van der Waals surface area contributed by atoms with Crippen molar-refractivity contribution in [3.8, 4) is 0 Å². The van der Waals surface area contributed by atoms with Crippen LogP contribution in [-0.2, 0) is 11.2 Å². The molecular weight excluding hydrogens is 328 g/mol. The number of carboxylic acids is 2. The molecule has 2 heterocycles. The van der Waals surface area contributed by atoms with Crippen LogP contribution in [0, 0.1) is 0 Å². The summed E-state index contributed by atoms with van der Waals surface area (Å²) in [6.45, 7) is 2.09. The van der Waals surface area contributed by atoms with E-state index < -0.39 is 17.6 Å². The van der Waals surface area contributed by atoms with Gasteiger partial charge in [0.05, 0.1) is 12.5 Å². The molecule has 0 radical (unpaired) electrons. The Morgan fingerprint density at radius 2 is 1.92 bits per heavy atom. The number of hydrogen-bond donors (Lipinski definition) is 2. The van der Waals surface area contributed by atoms with E-state index in [1.807, 2.05) is 0 Å². The van der Waals surface area contributed by atoms with Crippen molar-refractivity contribution in [1.29, 1.82) is 0 Å². The average Bonchev–Trinajstić information content (AvgIpc) is 3.07. The van der Waals surface area contributed by atoms with Crippen LogP contribution >= 0.6 is 0 Å². The molecular formula is C18H20O7. The van der Waals surface area contributed by atoms with Gasteiger partial charge in [-0.05, 0) is 30.7 Å². The number of unbranched alkanes of at least 4 members (excludes halogenated alkanes) is 2. The molecule has 134 valence electrons. The predicted octanol–water partition coefficient (Wildman–Crippen LogP) is 3.45. The molecule has 7 heteroatoms. The molecule has 0 saturated heterocycles. The molecule has 7 nitrogen and oxygen atoms in total. The molecule has 0 aromatic carbocycles. The second kappa shape index (κ2) is 10.6. The Hall–Kier alpha value is -3.09. The van der Waals surface area contributed by atoms with Crippen molar-refractivity contribution in [2.45, 2.75) is 32.6 Å². The van der Waals surface area contributed by atoms with Crippen LogP contribution in [0.4, 0.5) is 0 Å². The largest absolute Gasteiger partial charge is 0.478 e. The maximum atomic E-state index is 11.2. The smallest absolute Gasteiger partial charge is 0.350 e. The maximum absolute atomic E-state index is 11.2. The van der Waals surface area contributed by atoms with E-state index in [4.69, 9.17) is 19.0 Å². The lowest BCUT2D eigenvalue weighted by Gasteiger charge is -1.99. The molecule has 0 aliphatic carbocycles. The van der Waals surface area contributed by atoms with Gasteiger partial charge < -0.3 is 19.0 Å². The first kappa shape index (κ1) is 20.0. The van der Waals surface area contributed by atoms with Crippen molar-refractivity contribution in [2.24, 2.45) is 0 Å². The number of aryl methyl sites for hydroxylation is 1. The highest BCUT2D eigenvalue weighted by Gasteiger charge is 2.10. The molecule has 0 unspecified atom stereocenters. The Bertz CT molecular complexity index is 754. The summed E-state index contributed by atoms with van der Waals surface area (Å²) in [5.74, 6) is -1.65. The average molecular weight is 348 g/mol. The summed E-state index contributed by atoms with van der Waals surface area (Å²) in [4.78, 5) is 31.7. The number of aromatic carboxylic acids is 1. The van der Waals surface area contributed by atoms with E-state index in [-0.39, 0.29) is 5.56 Å². The van der Waals surface area contributed by atoms with Crippen molar-refractivity contribution in [2.75, 3.05) is 0 Å². The second-order valence-corrected chi connectivity index (χ2v) is 5.09. The fourth-order valence-corrected chi connectivity index (χ4v) is 1.83. The number of furan rings is 1. The van der Waals surface area contributed by atoms with Gasteiger partial charge in [0.1, 0.15) is 11.3 Å². The number of carboxylic acid groups (broad SMARTS) is 2. The summed E-state index contributed by atoms with van der Waals surface area (Å²) >= 11 is 0. The van der Waals surface area contributed by atoms with Crippen LogP contribution in [-0.4, -0.2) is 22.2 Å². The Morgan fingerprint density at radius 3 is 2.44 bits per heavy atom. The molecule has 2 rings (SSSR count). The van der Waals surface area contributed by atoms with E-state index in [1.165, 1.54) is 24.7 Å². The highest BCUT2D eigenvalue weighted by molar-refractivity contribution is 5.86. The van der Waals surface area contributed by atoms with Gasteiger partial charge in [-0.15, -0.1) is 0 Å². The standard InChI is InChI=1S/C11H14O4.C7H6O3/c1-2-3-4-5-8-6-7-9(10(12)13)11(14)15-8;8-7(9)2-1-6-3-4-10-5-6/h6-7H,2-5H2,1H3,(H,12,13);1-5H,(H,8,9). The van der Waals surface area contributed by atoms with Gasteiger partial charge >= 0.3 is 17.6 Å². The maximum Gasteiger partial charge on any atom is 0.350 e. The third kappa shape index (κ3) is 7.83. The second-order valence-electron chi connectivity index (χ2n) is 5.09. The monoisotopic (exact) mass is 348 g/mol. The lowest BCUT2D eigenvalue weighted by Crippen LogP contribution is -2.13. The molecule has 0 atom stereocenters. The van der Waals surface area contributed by atoms with Crippen molar-refractivity contribution in [3.63, 3.8) is 0 Å². The van der Waals surface area contributed by atoms with Gasteiger partial charge in [0.15, 0.2) is 0 Å². The zero-order valence-electron chi connectivity index (χ0n) is 13.8. The van der Waals surface area contributed by atoms with Gasteiger partial charge in [-0.1, -0.05) is 19.8 Å². The zero-order chi connectivity index (χ0) is 18.7. The summed E-state index contributed by atoms with van der Waals surface area (Å²) < 4.78 is 9.58. The van der Waals surface area contributed by atoms with Crippen LogP contribution in [0.3, 0.4) is 0 Å². The Balaban J connectivity index is 0.000000271. The number of hydrogen-bond acceptors (Lipinski definition) is 5. The first-order valence-corrected chi connectivity index (χ1v) is 7.73. The lowest BCUT2D eigenvalue weighted by molar-refractivity contribution is -0.131. The van der Waals surface area contributed by atoms with Gasteiger partial charge in [0.25, 0.3) is 0 Å². The van der Waals surface area contributed by atoms with Crippen molar-refractivity contribution in [1.82, 2.24) is 0 Å². The fourth-order valence-electron chi connectivity index (χ4n) is 1.83. The van der Waals surface area contributed by atoms with Gasteiger partial charge in [-0.2, -0.15) is 0 Å². The summed E-state index contributed by atoms with van der Waals surface area (Å²) in [6.07, 6.45) is 9.29. The van der Waals surface area contributed by atoms with Gasteiger partial charge in [0.2, 0.25) is 0 Å². The third-order valence-electron chi connectivity index (χ3n) is 3.10. The van der Waals surface area contributed by atoms with Gasteiger partial charge in [0, 0.05) is 18.1 Å². The first-order chi connectivity index (χ1) is 11.9. The molecule has 0 aliphatic heterocycles. The van der Waals surface area contributed by atoms with Crippen molar-refractivity contribution >= 4 is 18.0 Å². The molecule has 0 amide bonds. The number of aliphatic carboxylic acids is 1. The summed E-state index contributed by atoms with van der Waals surface area (Å²) in [7, 11) is 0. The fraction of sp³-hybridized carbons (Fsp3) is 0.278. The van der Waals surface area contributed by atoms with Crippen LogP contribution in [0.1, 0.15) is 47.9 Å².